The predicted molar refractivity (Wildman–Crippen MR) is 82.9 cm³/mol. The van der Waals surface area contributed by atoms with Crippen LogP contribution in [0.25, 0.3) is 0 Å². The van der Waals surface area contributed by atoms with Crippen molar-refractivity contribution in [2.45, 2.75) is 6.92 Å². The maximum atomic E-state index is 12.5. The van der Waals surface area contributed by atoms with E-state index in [1.54, 1.807) is 17.0 Å². The third kappa shape index (κ3) is 3.56. The lowest BCUT2D eigenvalue weighted by Gasteiger charge is -2.33. The van der Waals surface area contributed by atoms with E-state index in [-0.39, 0.29) is 30.3 Å². The van der Waals surface area contributed by atoms with Crippen LogP contribution in [0, 0.1) is 6.92 Å². The fraction of sp³-hybridized carbons (Fsp3) is 0.462. The van der Waals surface area contributed by atoms with Crippen LogP contribution in [-0.2, 0) is 10.0 Å². The van der Waals surface area contributed by atoms with E-state index in [4.69, 9.17) is 0 Å². The van der Waals surface area contributed by atoms with E-state index < -0.39 is 10.0 Å². The molecule has 0 bridgehead atoms. The van der Waals surface area contributed by atoms with Crippen LogP contribution in [0.5, 0.6) is 5.75 Å². The van der Waals surface area contributed by atoms with Gasteiger partial charge in [0.2, 0.25) is 10.0 Å². The summed E-state index contributed by atoms with van der Waals surface area (Å²) < 4.78 is 24.7. The van der Waals surface area contributed by atoms with Crippen LogP contribution in [0.15, 0.2) is 16.6 Å². The quantitative estimate of drug-likeness (QED) is 0.840. The third-order valence-electron chi connectivity index (χ3n) is 3.43. The number of aryl methyl sites for hydroxylation is 1. The maximum absolute atomic E-state index is 12.5. The van der Waals surface area contributed by atoms with Crippen LogP contribution in [-0.4, -0.2) is 61.1 Å². The number of nitrogens with zero attached hydrogens (tertiary/aromatic N) is 2. The lowest BCUT2D eigenvalue weighted by Crippen LogP contribution is -2.50. The first-order valence-electron chi connectivity index (χ1n) is 6.43. The summed E-state index contributed by atoms with van der Waals surface area (Å²) in [4.78, 5) is 14.0. The monoisotopic (exact) mass is 376 g/mol. The molecule has 1 aliphatic heterocycles. The van der Waals surface area contributed by atoms with Crippen molar-refractivity contribution >= 4 is 31.9 Å². The van der Waals surface area contributed by atoms with E-state index in [1.165, 1.54) is 4.31 Å². The zero-order valence-electron chi connectivity index (χ0n) is 11.8. The Bertz CT molecular complexity index is 667. The molecule has 21 heavy (non-hydrogen) atoms. The number of carbonyl (C=O) groups excluding carboxylic acids is 1. The molecule has 0 saturated carbocycles. The van der Waals surface area contributed by atoms with Gasteiger partial charge in [0, 0.05) is 26.2 Å². The number of phenolic OH excluding ortho intramolecular Hbond substituents is 1. The smallest absolute Gasteiger partial charge is 0.257 e. The average Bonchev–Trinajstić information content (AvgIpc) is 2.41. The van der Waals surface area contributed by atoms with E-state index in [0.717, 1.165) is 11.8 Å². The number of amides is 1. The largest absolute Gasteiger partial charge is 0.506 e. The van der Waals surface area contributed by atoms with Crippen molar-refractivity contribution in [3.05, 3.63) is 27.7 Å². The molecule has 0 aromatic heterocycles. The van der Waals surface area contributed by atoms with Crippen molar-refractivity contribution in [2.75, 3.05) is 32.4 Å². The van der Waals surface area contributed by atoms with Crippen LogP contribution in [0.1, 0.15) is 15.9 Å². The van der Waals surface area contributed by atoms with Gasteiger partial charge in [-0.25, -0.2) is 8.42 Å². The Hall–Kier alpha value is -1.12. The molecule has 0 spiro atoms. The summed E-state index contributed by atoms with van der Waals surface area (Å²) in [6, 6.07) is 3.36. The zero-order valence-corrected chi connectivity index (χ0v) is 14.2. The molecule has 6 nitrogen and oxygen atoms in total. The number of sulfonamides is 1. The molecular formula is C13H17BrN2O4S. The predicted octanol–water partition coefficient (Wildman–Crippen LogP) is 1.18. The lowest BCUT2D eigenvalue weighted by atomic mass is 10.1. The first kappa shape index (κ1) is 16.3. The van der Waals surface area contributed by atoms with E-state index in [2.05, 4.69) is 15.9 Å². The first-order valence-corrected chi connectivity index (χ1v) is 9.08. The molecule has 8 heteroatoms. The molecule has 0 aliphatic carbocycles. The van der Waals surface area contributed by atoms with Gasteiger partial charge in [-0.2, -0.15) is 4.31 Å². The van der Waals surface area contributed by atoms with Crippen LogP contribution in [0.4, 0.5) is 0 Å². The maximum Gasteiger partial charge on any atom is 0.257 e. The van der Waals surface area contributed by atoms with E-state index >= 15 is 0 Å². The minimum Gasteiger partial charge on any atom is -0.506 e. The molecule has 1 amide bonds. The summed E-state index contributed by atoms with van der Waals surface area (Å²) >= 11 is 3.22. The topological polar surface area (TPSA) is 77.9 Å². The Morgan fingerprint density at radius 1 is 1.24 bits per heavy atom. The van der Waals surface area contributed by atoms with Gasteiger partial charge < -0.3 is 10.0 Å². The van der Waals surface area contributed by atoms with E-state index in [9.17, 15) is 18.3 Å². The molecule has 1 aromatic carbocycles. The normalized spacial score (nSPS) is 17.0. The number of phenols is 1. The molecule has 1 fully saturated rings. The number of hydrogen-bond acceptors (Lipinski definition) is 4. The molecule has 1 N–H and O–H groups in total. The van der Waals surface area contributed by atoms with Gasteiger partial charge in [-0.05, 0) is 40.5 Å². The summed E-state index contributed by atoms with van der Waals surface area (Å²) in [5.41, 5.74) is 1.09. The van der Waals surface area contributed by atoms with Crippen LogP contribution >= 0.6 is 15.9 Å². The lowest BCUT2D eigenvalue weighted by molar-refractivity contribution is 0.0695. The van der Waals surface area contributed by atoms with Crippen molar-refractivity contribution in [2.24, 2.45) is 0 Å². The van der Waals surface area contributed by atoms with Crippen molar-refractivity contribution in [1.82, 2.24) is 9.21 Å². The fourth-order valence-corrected chi connectivity index (χ4v) is 3.69. The Labute approximate surface area is 132 Å². The third-order valence-corrected chi connectivity index (χ3v) is 5.34. The molecule has 1 aliphatic rings. The second kappa shape index (κ2) is 5.94. The molecule has 0 radical (unpaired) electrons. The van der Waals surface area contributed by atoms with Crippen molar-refractivity contribution in [3.63, 3.8) is 0 Å². The highest BCUT2D eigenvalue weighted by Crippen LogP contribution is 2.30. The Balaban J connectivity index is 2.16. The van der Waals surface area contributed by atoms with Gasteiger partial charge in [0.15, 0.2) is 0 Å². The van der Waals surface area contributed by atoms with Gasteiger partial charge in [-0.15, -0.1) is 0 Å². The zero-order chi connectivity index (χ0) is 15.8. The summed E-state index contributed by atoms with van der Waals surface area (Å²) in [5.74, 6) is -0.374. The van der Waals surface area contributed by atoms with Crippen LogP contribution in [0.3, 0.4) is 0 Å². The fourth-order valence-electron chi connectivity index (χ4n) is 2.29. The summed E-state index contributed by atoms with van der Waals surface area (Å²) in [6.45, 7) is 3.02. The minimum absolute atomic E-state index is 0.0869. The molecule has 1 saturated heterocycles. The molecule has 0 atom stereocenters. The van der Waals surface area contributed by atoms with Gasteiger partial charge in [0.25, 0.3) is 5.91 Å². The van der Waals surface area contributed by atoms with Crippen molar-refractivity contribution in [1.29, 1.82) is 0 Å². The van der Waals surface area contributed by atoms with Crippen molar-refractivity contribution in [3.8, 4) is 5.75 Å². The highest BCUT2D eigenvalue weighted by molar-refractivity contribution is 9.10. The van der Waals surface area contributed by atoms with Gasteiger partial charge in [-0.1, -0.05) is 0 Å². The van der Waals surface area contributed by atoms with Gasteiger partial charge in [0.05, 0.1) is 16.3 Å². The number of halogens is 1. The number of rotatable bonds is 2. The van der Waals surface area contributed by atoms with E-state index in [1.807, 2.05) is 6.92 Å². The Kier molecular flexibility index (Phi) is 4.60. The number of benzene rings is 1. The molecule has 1 aromatic rings. The second-order valence-electron chi connectivity index (χ2n) is 5.10. The summed E-state index contributed by atoms with van der Waals surface area (Å²) in [5, 5.41) is 10.0. The molecular weight excluding hydrogens is 360 g/mol. The highest BCUT2D eigenvalue weighted by atomic mass is 79.9. The number of piperazine rings is 1. The second-order valence-corrected chi connectivity index (χ2v) is 7.93. The molecule has 1 heterocycles. The molecule has 2 rings (SSSR count). The SMILES string of the molecule is Cc1cc(Br)c(O)c(C(=O)N2CCN(S(C)(=O)=O)CC2)c1. The highest BCUT2D eigenvalue weighted by Gasteiger charge is 2.28. The van der Waals surface area contributed by atoms with E-state index in [0.29, 0.717) is 17.6 Å². The average molecular weight is 377 g/mol. The van der Waals surface area contributed by atoms with Gasteiger partial charge in [0.1, 0.15) is 5.75 Å². The number of carbonyl (C=O) groups is 1. The minimum atomic E-state index is -3.22. The van der Waals surface area contributed by atoms with Crippen LogP contribution in [0.2, 0.25) is 0 Å². The molecule has 116 valence electrons. The van der Waals surface area contributed by atoms with Crippen LogP contribution < -0.4 is 0 Å². The van der Waals surface area contributed by atoms with Gasteiger partial charge in [-0.3, -0.25) is 4.79 Å². The van der Waals surface area contributed by atoms with Crippen molar-refractivity contribution < 1.29 is 18.3 Å². The standard InChI is InChI=1S/C13H17BrN2O4S/c1-9-7-10(12(17)11(14)8-9)13(18)15-3-5-16(6-4-15)21(2,19)20/h7-8,17H,3-6H2,1-2H3. The number of aromatic hydroxyl groups is 1. The summed E-state index contributed by atoms with van der Waals surface area (Å²) in [6.07, 6.45) is 1.16. The Morgan fingerprint density at radius 2 is 1.81 bits per heavy atom. The Morgan fingerprint density at radius 3 is 2.33 bits per heavy atom. The first-order chi connectivity index (χ1) is 9.70. The molecule has 0 unspecified atom stereocenters. The number of hydrogen-bond donors (Lipinski definition) is 1. The van der Waals surface area contributed by atoms with Gasteiger partial charge >= 0.3 is 0 Å². The summed E-state index contributed by atoms with van der Waals surface area (Å²) in [7, 11) is -3.22.